The van der Waals surface area contributed by atoms with Crippen LogP contribution in [0.4, 0.5) is 5.82 Å². The van der Waals surface area contributed by atoms with Crippen LogP contribution in [0.25, 0.3) is 16.0 Å². The first-order valence-electron chi connectivity index (χ1n) is 6.79. The first-order valence-corrected chi connectivity index (χ1v) is 7.61. The molecule has 3 aromatic heterocycles. The molecule has 0 aliphatic rings. The number of fused-ring (bicyclic) bond motifs is 3. The van der Waals surface area contributed by atoms with Gasteiger partial charge in [0.15, 0.2) is 11.5 Å². The van der Waals surface area contributed by atoms with E-state index in [1.807, 2.05) is 13.2 Å². The quantitative estimate of drug-likeness (QED) is 0.709. The molecule has 0 unspecified atom stereocenters. The molecule has 0 bridgehead atoms. The van der Waals surface area contributed by atoms with Crippen molar-refractivity contribution in [3.63, 3.8) is 0 Å². The Morgan fingerprint density at radius 3 is 3.00 bits per heavy atom. The van der Waals surface area contributed by atoms with Gasteiger partial charge >= 0.3 is 0 Å². The highest BCUT2D eigenvalue weighted by Gasteiger charge is 2.13. The number of hydrogen-bond donors (Lipinski definition) is 2. The van der Waals surface area contributed by atoms with Crippen LogP contribution in [0.2, 0.25) is 0 Å². The number of anilines is 1. The van der Waals surface area contributed by atoms with E-state index in [1.54, 1.807) is 11.3 Å². The zero-order valence-electron chi connectivity index (χ0n) is 11.7. The Bertz CT molecular complexity index is 746. The number of aliphatic hydroxyl groups is 1. The molecule has 5 nitrogen and oxygen atoms in total. The second-order valence-corrected chi connectivity index (χ2v) is 5.97. The number of nitrogens with one attached hydrogen (secondary N) is 1. The van der Waals surface area contributed by atoms with Gasteiger partial charge in [0.1, 0.15) is 10.3 Å². The molecule has 3 heterocycles. The molecular weight excluding hydrogens is 272 g/mol. The van der Waals surface area contributed by atoms with E-state index >= 15 is 0 Å². The normalized spacial score (nSPS) is 11.6. The number of aryl methyl sites for hydroxylation is 2. The highest BCUT2D eigenvalue weighted by Crippen LogP contribution is 2.30. The molecule has 3 aromatic rings. The lowest BCUT2D eigenvalue weighted by Gasteiger charge is -2.04. The van der Waals surface area contributed by atoms with Crippen LogP contribution in [-0.2, 0) is 6.42 Å². The molecule has 0 atom stereocenters. The maximum absolute atomic E-state index is 8.87. The molecule has 106 valence electrons. The third-order valence-electron chi connectivity index (χ3n) is 3.40. The third-order valence-corrected chi connectivity index (χ3v) is 4.57. The fourth-order valence-corrected chi connectivity index (χ4v) is 3.59. The van der Waals surface area contributed by atoms with E-state index in [1.165, 1.54) is 4.88 Å². The number of imidazole rings is 1. The molecule has 0 saturated carbocycles. The monoisotopic (exact) mass is 290 g/mol. The summed E-state index contributed by atoms with van der Waals surface area (Å²) in [6, 6.07) is 2.15. The molecule has 2 N–H and O–H groups in total. The van der Waals surface area contributed by atoms with Crippen LogP contribution < -0.4 is 5.32 Å². The molecule has 20 heavy (non-hydrogen) atoms. The maximum Gasteiger partial charge on any atom is 0.181 e. The summed E-state index contributed by atoms with van der Waals surface area (Å²) in [6.45, 7) is 2.32. The van der Waals surface area contributed by atoms with Gasteiger partial charge in [-0.2, -0.15) is 0 Å². The number of aliphatic hydroxyl groups excluding tert-OH is 1. The SMILES string of the molecule is CNc1nc2cc(CCCCO)sc2n2c(C)cnc12. The summed E-state index contributed by atoms with van der Waals surface area (Å²) in [5, 5.41) is 12.0. The predicted molar refractivity (Wildman–Crippen MR) is 82.7 cm³/mol. The number of nitrogens with zero attached hydrogens (tertiary/aromatic N) is 3. The smallest absolute Gasteiger partial charge is 0.181 e. The minimum atomic E-state index is 0.262. The molecule has 0 aliphatic heterocycles. The molecule has 0 aromatic carbocycles. The zero-order chi connectivity index (χ0) is 14.1. The standard InChI is InChI=1S/C14H18N4OS/c1-9-8-16-13-12(15-2)17-11-7-10(5-3-4-6-19)20-14(11)18(9)13/h7-8,19H,3-6H2,1-2H3,(H,15,17). The Morgan fingerprint density at radius 2 is 2.25 bits per heavy atom. The molecule has 0 aliphatic carbocycles. The van der Waals surface area contributed by atoms with Crippen molar-refractivity contribution in [2.45, 2.75) is 26.2 Å². The van der Waals surface area contributed by atoms with Gasteiger partial charge < -0.3 is 10.4 Å². The molecule has 0 radical (unpaired) electrons. The van der Waals surface area contributed by atoms with Crippen LogP contribution in [0, 0.1) is 6.92 Å². The van der Waals surface area contributed by atoms with Crippen molar-refractivity contribution in [1.82, 2.24) is 14.4 Å². The van der Waals surface area contributed by atoms with Crippen molar-refractivity contribution in [3.05, 3.63) is 22.8 Å². The highest BCUT2D eigenvalue weighted by molar-refractivity contribution is 7.18. The average molecular weight is 290 g/mol. The van der Waals surface area contributed by atoms with Crippen molar-refractivity contribution < 1.29 is 5.11 Å². The van der Waals surface area contributed by atoms with Crippen molar-refractivity contribution in [2.75, 3.05) is 19.0 Å². The molecule has 0 spiro atoms. The summed E-state index contributed by atoms with van der Waals surface area (Å²) in [5.74, 6) is 0.810. The van der Waals surface area contributed by atoms with E-state index in [9.17, 15) is 0 Å². The van der Waals surface area contributed by atoms with Gasteiger partial charge in [-0.3, -0.25) is 4.40 Å². The van der Waals surface area contributed by atoms with Gasteiger partial charge in [-0.25, -0.2) is 9.97 Å². The summed E-state index contributed by atoms with van der Waals surface area (Å²) >= 11 is 1.77. The maximum atomic E-state index is 8.87. The lowest BCUT2D eigenvalue weighted by molar-refractivity contribution is 0.285. The van der Waals surface area contributed by atoms with Crippen molar-refractivity contribution in [1.29, 1.82) is 0 Å². The minimum Gasteiger partial charge on any atom is -0.396 e. The molecule has 0 saturated heterocycles. The number of hydrogen-bond acceptors (Lipinski definition) is 5. The van der Waals surface area contributed by atoms with Gasteiger partial charge in [-0.05, 0) is 32.3 Å². The largest absolute Gasteiger partial charge is 0.396 e. The van der Waals surface area contributed by atoms with Gasteiger partial charge in [0.05, 0.1) is 0 Å². The third kappa shape index (κ3) is 2.14. The summed E-state index contributed by atoms with van der Waals surface area (Å²) in [5.41, 5.74) is 3.00. The van der Waals surface area contributed by atoms with E-state index in [0.717, 1.165) is 46.8 Å². The average Bonchev–Trinajstić information content (AvgIpc) is 3.01. The van der Waals surface area contributed by atoms with Crippen LogP contribution in [0.5, 0.6) is 0 Å². The number of aromatic nitrogens is 3. The van der Waals surface area contributed by atoms with Crippen LogP contribution in [0.15, 0.2) is 12.3 Å². The van der Waals surface area contributed by atoms with Gasteiger partial charge in [0, 0.05) is 30.4 Å². The van der Waals surface area contributed by atoms with Crippen molar-refractivity contribution >= 4 is 33.1 Å². The lowest BCUT2D eigenvalue weighted by atomic mass is 10.2. The fourth-order valence-electron chi connectivity index (χ4n) is 2.39. The van der Waals surface area contributed by atoms with Gasteiger partial charge in [0.25, 0.3) is 0 Å². The Morgan fingerprint density at radius 1 is 1.40 bits per heavy atom. The van der Waals surface area contributed by atoms with E-state index < -0.39 is 0 Å². The lowest BCUT2D eigenvalue weighted by Crippen LogP contribution is -1.98. The summed E-state index contributed by atoms with van der Waals surface area (Å²) in [4.78, 5) is 11.5. The van der Waals surface area contributed by atoms with Gasteiger partial charge in [-0.15, -0.1) is 11.3 Å². The minimum absolute atomic E-state index is 0.262. The first kappa shape index (κ1) is 13.3. The topological polar surface area (TPSA) is 62.5 Å². The Labute approximate surface area is 121 Å². The predicted octanol–water partition coefficient (Wildman–Crippen LogP) is 2.61. The summed E-state index contributed by atoms with van der Waals surface area (Å²) in [7, 11) is 1.87. The van der Waals surface area contributed by atoms with E-state index in [0.29, 0.717) is 0 Å². The van der Waals surface area contributed by atoms with Crippen LogP contribution in [0.1, 0.15) is 23.4 Å². The van der Waals surface area contributed by atoms with E-state index in [4.69, 9.17) is 5.11 Å². The highest BCUT2D eigenvalue weighted by atomic mass is 32.1. The van der Waals surface area contributed by atoms with Gasteiger partial charge in [0.2, 0.25) is 0 Å². The van der Waals surface area contributed by atoms with Crippen LogP contribution >= 0.6 is 11.3 Å². The number of unbranched alkanes of at least 4 members (excludes halogenated alkanes) is 1. The Balaban J connectivity index is 2.12. The number of rotatable bonds is 5. The molecule has 6 heteroatoms. The summed E-state index contributed by atoms with van der Waals surface area (Å²) < 4.78 is 2.16. The fraction of sp³-hybridized carbons (Fsp3) is 0.429. The van der Waals surface area contributed by atoms with Crippen molar-refractivity contribution in [3.8, 4) is 0 Å². The Hall–Kier alpha value is -1.66. The number of thiophene rings is 1. The molecule has 0 amide bonds. The molecule has 0 fully saturated rings. The van der Waals surface area contributed by atoms with Crippen LogP contribution in [-0.4, -0.2) is 33.1 Å². The molecular formula is C14H18N4OS. The second kappa shape index (κ2) is 5.38. The van der Waals surface area contributed by atoms with E-state index in [-0.39, 0.29) is 6.61 Å². The van der Waals surface area contributed by atoms with Crippen LogP contribution in [0.3, 0.4) is 0 Å². The summed E-state index contributed by atoms with van der Waals surface area (Å²) in [6.07, 6.45) is 4.73. The molecule has 3 rings (SSSR count). The van der Waals surface area contributed by atoms with Crippen molar-refractivity contribution in [2.24, 2.45) is 0 Å². The first-order chi connectivity index (χ1) is 9.74. The second-order valence-electron chi connectivity index (χ2n) is 4.85. The Kier molecular flexibility index (Phi) is 3.58. The zero-order valence-corrected chi connectivity index (χ0v) is 12.5. The van der Waals surface area contributed by atoms with E-state index in [2.05, 4.69) is 32.7 Å². The van der Waals surface area contributed by atoms with Gasteiger partial charge in [-0.1, -0.05) is 0 Å².